The van der Waals surface area contributed by atoms with E-state index in [4.69, 9.17) is 4.74 Å². The minimum absolute atomic E-state index is 0.106. The van der Waals surface area contributed by atoms with Gasteiger partial charge in [-0.1, -0.05) is 61.7 Å². The lowest BCUT2D eigenvalue weighted by Crippen LogP contribution is -2.53. The van der Waals surface area contributed by atoms with Gasteiger partial charge in [-0.05, 0) is 30.5 Å². The van der Waals surface area contributed by atoms with E-state index in [0.29, 0.717) is 5.69 Å². The highest BCUT2D eigenvalue weighted by Gasteiger charge is 2.33. The van der Waals surface area contributed by atoms with Gasteiger partial charge in [0.05, 0.1) is 11.4 Å². The molecule has 8 heteroatoms. The highest BCUT2D eigenvalue weighted by atomic mass is 16.5. The number of hydrogen-bond donors (Lipinski definition) is 3. The third kappa shape index (κ3) is 6.03. The van der Waals surface area contributed by atoms with Crippen LogP contribution in [0.2, 0.25) is 0 Å². The number of nitrogens with zero attached hydrogens (tertiary/aromatic N) is 1. The van der Waals surface area contributed by atoms with Gasteiger partial charge in [-0.3, -0.25) is 14.5 Å². The van der Waals surface area contributed by atoms with E-state index in [-0.39, 0.29) is 37.6 Å². The molecule has 0 saturated heterocycles. The summed E-state index contributed by atoms with van der Waals surface area (Å²) in [5, 5.41) is 8.92. The van der Waals surface area contributed by atoms with Crippen molar-refractivity contribution in [1.82, 2.24) is 10.6 Å². The van der Waals surface area contributed by atoms with Crippen LogP contribution in [0.1, 0.15) is 37.7 Å². The lowest BCUT2D eigenvalue weighted by atomic mass is 9.95. The fourth-order valence-electron chi connectivity index (χ4n) is 4.31. The summed E-state index contributed by atoms with van der Waals surface area (Å²) in [6, 6.07) is 15.9. The number of carbonyl (C=O) groups excluding carboxylic acids is 3. The van der Waals surface area contributed by atoms with Crippen LogP contribution in [0.4, 0.5) is 16.2 Å². The number of carbonyl (C=O) groups is 3. The fourth-order valence-corrected chi connectivity index (χ4v) is 4.31. The van der Waals surface area contributed by atoms with Crippen LogP contribution < -0.4 is 20.9 Å². The van der Waals surface area contributed by atoms with Gasteiger partial charge in [0.25, 0.3) is 5.91 Å². The average Bonchev–Trinajstić information content (AvgIpc) is 2.96. The quantitative estimate of drug-likeness (QED) is 0.628. The molecular formula is C25H30N4O4. The number of rotatable bonds is 6. The molecule has 2 aromatic rings. The molecule has 1 aliphatic heterocycles. The molecule has 0 unspecified atom stereocenters. The second-order valence-corrected chi connectivity index (χ2v) is 8.48. The van der Waals surface area contributed by atoms with Crippen molar-refractivity contribution in [3.63, 3.8) is 0 Å². The van der Waals surface area contributed by atoms with Gasteiger partial charge < -0.3 is 20.7 Å². The fraction of sp³-hybridized carbons (Fsp3) is 0.400. The van der Waals surface area contributed by atoms with Crippen molar-refractivity contribution in [2.75, 3.05) is 23.3 Å². The van der Waals surface area contributed by atoms with E-state index in [0.717, 1.165) is 36.9 Å². The summed E-state index contributed by atoms with van der Waals surface area (Å²) in [6.07, 6.45) is 4.67. The number of anilines is 2. The molecule has 1 heterocycles. The first-order chi connectivity index (χ1) is 16.1. The summed E-state index contributed by atoms with van der Waals surface area (Å²) in [7, 11) is 0. The summed E-state index contributed by atoms with van der Waals surface area (Å²) in [4.78, 5) is 40.0. The van der Waals surface area contributed by atoms with Crippen LogP contribution in [0.3, 0.4) is 0 Å². The van der Waals surface area contributed by atoms with Crippen LogP contribution in [0.25, 0.3) is 0 Å². The third-order valence-corrected chi connectivity index (χ3v) is 6.03. The molecule has 2 aliphatic rings. The minimum Gasteiger partial charge on any atom is -0.445 e. The number of alkyl carbamates (subject to hydrolysis) is 1. The van der Waals surface area contributed by atoms with Gasteiger partial charge in [-0.25, -0.2) is 4.79 Å². The summed E-state index contributed by atoms with van der Waals surface area (Å²) in [5.41, 5.74) is 2.20. The molecule has 3 amide bonds. The van der Waals surface area contributed by atoms with Crippen molar-refractivity contribution in [1.29, 1.82) is 0 Å². The predicted molar refractivity (Wildman–Crippen MR) is 126 cm³/mol. The molecule has 1 aliphatic carbocycles. The summed E-state index contributed by atoms with van der Waals surface area (Å²) < 4.78 is 5.29. The van der Waals surface area contributed by atoms with Gasteiger partial charge in [0.15, 0.2) is 0 Å². The number of amides is 3. The number of hydrogen-bond acceptors (Lipinski definition) is 5. The van der Waals surface area contributed by atoms with E-state index in [1.54, 1.807) is 6.07 Å². The van der Waals surface area contributed by atoms with Crippen molar-refractivity contribution in [3.05, 3.63) is 60.2 Å². The zero-order chi connectivity index (χ0) is 23.0. The van der Waals surface area contributed by atoms with E-state index in [2.05, 4.69) is 16.0 Å². The Morgan fingerprint density at radius 3 is 2.48 bits per heavy atom. The number of para-hydroxylation sites is 2. The Morgan fingerprint density at radius 2 is 1.70 bits per heavy atom. The van der Waals surface area contributed by atoms with Gasteiger partial charge >= 0.3 is 6.09 Å². The monoisotopic (exact) mass is 450 g/mol. The molecule has 0 bridgehead atoms. The molecule has 0 spiro atoms. The van der Waals surface area contributed by atoms with Gasteiger partial charge in [0, 0.05) is 12.6 Å². The molecule has 0 radical (unpaired) electrons. The van der Waals surface area contributed by atoms with E-state index in [9.17, 15) is 14.4 Å². The largest absolute Gasteiger partial charge is 0.445 e. The zero-order valence-corrected chi connectivity index (χ0v) is 18.6. The topological polar surface area (TPSA) is 99.8 Å². The third-order valence-electron chi connectivity index (χ3n) is 6.03. The Balaban J connectivity index is 1.42. The van der Waals surface area contributed by atoms with Gasteiger partial charge in [-0.2, -0.15) is 0 Å². The Labute approximate surface area is 193 Å². The van der Waals surface area contributed by atoms with Crippen molar-refractivity contribution in [2.45, 2.75) is 50.8 Å². The van der Waals surface area contributed by atoms with Crippen molar-refractivity contribution in [2.24, 2.45) is 0 Å². The minimum atomic E-state index is -0.872. The Bertz CT molecular complexity index is 975. The maximum atomic E-state index is 13.4. The Morgan fingerprint density at radius 1 is 0.970 bits per heavy atom. The standard InChI is InChI=1S/C25H30N4O4/c30-23(27-19-11-5-2-6-12-19)16-29-22-14-8-7-13-20(22)26-15-21(24(29)31)28-25(32)33-17-18-9-3-1-4-10-18/h1,3-4,7-10,13-14,19,21,26H,2,5-6,11-12,15-17H2,(H,27,30)(H,28,32)/t21-/m1/s1. The van der Waals surface area contributed by atoms with Gasteiger partial charge in [-0.15, -0.1) is 0 Å². The van der Waals surface area contributed by atoms with Crippen LogP contribution in [0.5, 0.6) is 0 Å². The molecule has 1 atom stereocenters. The molecule has 3 N–H and O–H groups in total. The first-order valence-corrected chi connectivity index (χ1v) is 11.5. The number of fused-ring (bicyclic) bond motifs is 1. The van der Waals surface area contributed by atoms with Crippen molar-refractivity contribution >= 4 is 29.3 Å². The molecule has 174 valence electrons. The smallest absolute Gasteiger partial charge is 0.408 e. The van der Waals surface area contributed by atoms with Gasteiger partial charge in [0.1, 0.15) is 19.2 Å². The lowest BCUT2D eigenvalue weighted by molar-refractivity contribution is -0.125. The molecular weight excluding hydrogens is 420 g/mol. The van der Waals surface area contributed by atoms with Crippen LogP contribution in [0.15, 0.2) is 54.6 Å². The van der Waals surface area contributed by atoms with Gasteiger partial charge in [0.2, 0.25) is 5.91 Å². The highest BCUT2D eigenvalue weighted by Crippen LogP contribution is 2.28. The van der Waals surface area contributed by atoms with E-state index in [1.165, 1.54) is 11.3 Å². The summed E-state index contributed by atoms with van der Waals surface area (Å²) >= 11 is 0. The normalized spacial score (nSPS) is 18.5. The maximum Gasteiger partial charge on any atom is 0.408 e. The molecule has 8 nitrogen and oxygen atoms in total. The zero-order valence-electron chi connectivity index (χ0n) is 18.6. The first kappa shape index (κ1) is 22.6. The lowest BCUT2D eigenvalue weighted by Gasteiger charge is -2.27. The van der Waals surface area contributed by atoms with Crippen LogP contribution >= 0.6 is 0 Å². The molecule has 2 aromatic carbocycles. The van der Waals surface area contributed by atoms with Crippen molar-refractivity contribution in [3.8, 4) is 0 Å². The molecule has 1 saturated carbocycles. The second kappa shape index (κ2) is 10.8. The number of benzene rings is 2. The molecule has 1 fully saturated rings. The highest BCUT2D eigenvalue weighted by molar-refractivity contribution is 6.06. The van der Waals surface area contributed by atoms with Crippen LogP contribution in [-0.2, 0) is 20.9 Å². The van der Waals surface area contributed by atoms with E-state index >= 15 is 0 Å². The number of nitrogens with one attached hydrogen (secondary N) is 3. The predicted octanol–water partition coefficient (Wildman–Crippen LogP) is 3.19. The van der Waals surface area contributed by atoms with E-state index < -0.39 is 12.1 Å². The van der Waals surface area contributed by atoms with Crippen LogP contribution in [-0.4, -0.2) is 43.1 Å². The second-order valence-electron chi connectivity index (χ2n) is 8.48. The molecule has 4 rings (SSSR count). The molecule has 33 heavy (non-hydrogen) atoms. The maximum absolute atomic E-state index is 13.4. The van der Waals surface area contributed by atoms with Crippen molar-refractivity contribution < 1.29 is 19.1 Å². The Kier molecular flexibility index (Phi) is 7.44. The SMILES string of the molecule is O=C(CN1C(=O)[C@H](NC(=O)OCc2ccccc2)CNc2ccccc21)NC1CCCCC1. The van der Waals surface area contributed by atoms with E-state index in [1.807, 2.05) is 48.5 Å². The first-order valence-electron chi connectivity index (χ1n) is 11.5. The summed E-state index contributed by atoms with van der Waals surface area (Å²) in [5.74, 6) is -0.555. The van der Waals surface area contributed by atoms with Crippen LogP contribution in [0, 0.1) is 0 Å². The summed E-state index contributed by atoms with van der Waals surface area (Å²) in [6.45, 7) is 0.192. The average molecular weight is 451 g/mol. The number of ether oxygens (including phenoxy) is 1. The molecule has 0 aromatic heterocycles. The Hall–Kier alpha value is -3.55.